The highest BCUT2D eigenvalue weighted by Crippen LogP contribution is 2.51. The van der Waals surface area contributed by atoms with Crippen LogP contribution in [0, 0.1) is 22.7 Å². The number of benzene rings is 2. The van der Waals surface area contributed by atoms with Gasteiger partial charge in [-0.25, -0.2) is 0 Å². The average molecular weight is 835 g/mol. The number of anilines is 2. The second kappa shape index (κ2) is 17.2. The maximum atomic E-state index is 12.5. The van der Waals surface area contributed by atoms with Gasteiger partial charge < -0.3 is 31.5 Å². The normalized spacial score (nSPS) is 31.0. The summed E-state index contributed by atoms with van der Waals surface area (Å²) in [5.74, 6) is 1.17. The Morgan fingerprint density at radius 2 is 0.898 bits per heavy atom. The highest BCUT2D eigenvalue weighted by atomic mass is 32.2. The number of rotatable bonds is 14. The van der Waals surface area contributed by atoms with Gasteiger partial charge in [0.2, 0.25) is 0 Å². The van der Waals surface area contributed by atoms with Crippen molar-refractivity contribution in [3.05, 3.63) is 35.4 Å². The van der Waals surface area contributed by atoms with Crippen molar-refractivity contribution in [2.75, 3.05) is 10.6 Å². The minimum absolute atomic E-state index is 0.0181. The summed E-state index contributed by atoms with van der Waals surface area (Å²) in [4.78, 5) is 1.54. The lowest BCUT2D eigenvalue weighted by atomic mass is 9.69. The third kappa shape index (κ3) is 11.3. The lowest BCUT2D eigenvalue weighted by Crippen LogP contribution is -2.67. The van der Waals surface area contributed by atoms with E-state index < -0.39 is 0 Å². The molecule has 8 atom stereocenters. The van der Waals surface area contributed by atoms with Crippen molar-refractivity contribution in [3.63, 3.8) is 0 Å². The van der Waals surface area contributed by atoms with Crippen molar-refractivity contribution in [2.45, 2.75) is 245 Å². The van der Waals surface area contributed by atoms with E-state index in [9.17, 15) is 10.2 Å². The molecule has 336 valence electrons. The molecule has 2 aromatic rings. The van der Waals surface area contributed by atoms with Gasteiger partial charge in [0.05, 0.1) is 21.2 Å². The maximum absolute atomic E-state index is 12.5. The summed E-state index contributed by atoms with van der Waals surface area (Å²) in [7, 11) is 0. The molecule has 2 heterocycles. The Morgan fingerprint density at radius 3 is 1.17 bits per heavy atom. The van der Waals surface area contributed by atoms with Crippen LogP contribution in [-0.4, -0.2) is 44.5 Å². The molecule has 6 nitrogen and oxygen atoms in total. The van der Waals surface area contributed by atoms with Crippen LogP contribution in [0.1, 0.15) is 201 Å². The topological polar surface area (TPSA) is 88.6 Å². The summed E-state index contributed by atoms with van der Waals surface area (Å²) in [6.45, 7) is 46.5. The predicted molar refractivity (Wildman–Crippen MR) is 258 cm³/mol. The van der Waals surface area contributed by atoms with Crippen molar-refractivity contribution in [2.24, 2.45) is 22.7 Å². The van der Waals surface area contributed by atoms with Crippen LogP contribution in [0.5, 0.6) is 11.5 Å². The van der Waals surface area contributed by atoms with Gasteiger partial charge in [-0.1, -0.05) is 123 Å². The molecule has 0 saturated carbocycles. The van der Waals surface area contributed by atoms with Crippen LogP contribution in [-0.2, 0) is 10.8 Å². The lowest BCUT2D eigenvalue weighted by Gasteiger charge is -2.54. The van der Waals surface area contributed by atoms with E-state index in [1.54, 1.807) is 0 Å². The fourth-order valence-corrected chi connectivity index (χ4v) is 12.3. The molecule has 8 unspecified atom stereocenters. The molecule has 2 fully saturated rings. The van der Waals surface area contributed by atoms with E-state index in [1.807, 2.05) is 0 Å². The number of aromatic hydroxyl groups is 2. The van der Waals surface area contributed by atoms with Gasteiger partial charge in [-0.2, -0.15) is 0 Å². The van der Waals surface area contributed by atoms with E-state index >= 15 is 0 Å². The zero-order valence-corrected chi connectivity index (χ0v) is 42.4. The molecule has 0 spiro atoms. The number of hydrogen-bond donors (Lipinski definition) is 6. The molecule has 2 aliphatic heterocycles. The van der Waals surface area contributed by atoms with Crippen LogP contribution in [0.3, 0.4) is 0 Å². The van der Waals surface area contributed by atoms with Gasteiger partial charge in [0.1, 0.15) is 0 Å². The summed E-state index contributed by atoms with van der Waals surface area (Å²) in [5.41, 5.74) is 3.72. The quantitative estimate of drug-likeness (QED) is 0.106. The Balaban J connectivity index is 1.93. The van der Waals surface area contributed by atoms with E-state index in [0.717, 1.165) is 72.5 Å². The molecule has 2 aliphatic rings. The minimum Gasteiger partial charge on any atom is -0.505 e. The number of piperidine rings is 2. The van der Waals surface area contributed by atoms with E-state index in [4.69, 9.17) is 0 Å². The molecular weight excluding hydrogens is 745 g/mol. The van der Waals surface area contributed by atoms with Crippen LogP contribution >= 0.6 is 11.8 Å². The van der Waals surface area contributed by atoms with E-state index in [0.29, 0.717) is 11.8 Å². The molecule has 59 heavy (non-hydrogen) atoms. The molecule has 0 radical (unpaired) electrons. The Labute approximate surface area is 367 Å². The number of phenols is 2. The van der Waals surface area contributed by atoms with Crippen LogP contribution in [0.4, 0.5) is 11.4 Å². The highest BCUT2D eigenvalue weighted by molar-refractivity contribution is 7.99. The van der Waals surface area contributed by atoms with Crippen LogP contribution in [0.2, 0.25) is 0 Å². The van der Waals surface area contributed by atoms with Crippen molar-refractivity contribution >= 4 is 23.1 Å². The summed E-state index contributed by atoms with van der Waals surface area (Å²) in [5, 5.41) is 40.9. The third-order valence-electron chi connectivity index (χ3n) is 15.3. The average Bonchev–Trinajstić information content (AvgIpc) is 3.10. The van der Waals surface area contributed by atoms with E-state index in [-0.39, 0.29) is 67.4 Å². The fraction of sp³-hybridized carbons (Fsp3) is 0.769. The molecule has 0 amide bonds. The third-order valence-corrected chi connectivity index (χ3v) is 16.4. The van der Waals surface area contributed by atoms with Crippen LogP contribution in [0.25, 0.3) is 0 Å². The monoisotopic (exact) mass is 835 g/mol. The van der Waals surface area contributed by atoms with E-state index in [2.05, 4.69) is 184 Å². The molecule has 2 saturated heterocycles. The molecule has 0 bridgehead atoms. The van der Waals surface area contributed by atoms with Crippen LogP contribution in [0.15, 0.2) is 34.1 Å². The van der Waals surface area contributed by atoms with Gasteiger partial charge >= 0.3 is 0 Å². The second-order valence-electron chi connectivity index (χ2n) is 24.2. The summed E-state index contributed by atoms with van der Waals surface area (Å²) >= 11 is 1.50. The Hall–Kier alpha value is -2.09. The number of nitrogens with one attached hydrogen (secondary N) is 4. The van der Waals surface area contributed by atoms with E-state index in [1.165, 1.54) is 22.9 Å². The van der Waals surface area contributed by atoms with Gasteiger partial charge in [-0.05, 0) is 148 Å². The van der Waals surface area contributed by atoms with Crippen molar-refractivity contribution < 1.29 is 10.2 Å². The van der Waals surface area contributed by atoms with Gasteiger partial charge in [-0.3, -0.25) is 0 Å². The first-order chi connectivity index (χ1) is 26.8. The van der Waals surface area contributed by atoms with Crippen molar-refractivity contribution in [1.82, 2.24) is 10.6 Å². The largest absolute Gasteiger partial charge is 0.505 e. The first-order valence-corrected chi connectivity index (χ1v) is 24.1. The summed E-state index contributed by atoms with van der Waals surface area (Å²) in [6, 6.07) is 9.16. The fourth-order valence-electron chi connectivity index (χ4n) is 11.3. The van der Waals surface area contributed by atoms with Gasteiger partial charge in [0.25, 0.3) is 0 Å². The number of phenolic OH excluding ortho intramolecular Hbond substituents is 2. The smallest absolute Gasteiger partial charge is 0.152 e. The predicted octanol–water partition coefficient (Wildman–Crippen LogP) is 14.2. The van der Waals surface area contributed by atoms with Gasteiger partial charge in [0, 0.05) is 34.2 Å². The number of hydrogen-bond acceptors (Lipinski definition) is 7. The summed E-state index contributed by atoms with van der Waals surface area (Å²) < 4.78 is 0. The molecule has 0 aliphatic carbocycles. The van der Waals surface area contributed by atoms with Crippen LogP contribution < -0.4 is 21.3 Å². The Morgan fingerprint density at radius 1 is 0.576 bits per heavy atom. The van der Waals surface area contributed by atoms with Crippen molar-refractivity contribution in [3.8, 4) is 11.5 Å². The molecule has 0 aromatic heterocycles. The first kappa shape index (κ1) is 49.6. The zero-order chi connectivity index (χ0) is 44.9. The SMILES string of the molecule is CCC1(C)CC(Nc2cc(C(C)(C)CC(C)(C)C)cc(Sc3cc(C(C)(C)CC(C)(C)C)cc(NC4CC(C)(CC)NC(C)(CC)C4C)c3O)c2O)C(C)C(C)(CC)N1. The minimum atomic E-state index is -0.165. The molecule has 4 rings (SSSR count). The van der Waals surface area contributed by atoms with Gasteiger partial charge in [0.15, 0.2) is 11.5 Å². The molecule has 7 heteroatoms. The Bertz CT molecular complexity index is 1650. The van der Waals surface area contributed by atoms with Crippen molar-refractivity contribution in [1.29, 1.82) is 0 Å². The lowest BCUT2D eigenvalue weighted by molar-refractivity contribution is 0.0796. The highest BCUT2D eigenvalue weighted by Gasteiger charge is 2.48. The first-order valence-electron chi connectivity index (χ1n) is 23.3. The zero-order valence-electron chi connectivity index (χ0n) is 41.6. The molecule has 2 aromatic carbocycles. The summed E-state index contributed by atoms with van der Waals surface area (Å²) in [6.07, 6.45) is 8.00. The molecular formula is C52H90N4O2S. The van der Waals surface area contributed by atoms with Gasteiger partial charge in [-0.15, -0.1) is 0 Å². The maximum Gasteiger partial charge on any atom is 0.152 e. The molecule has 6 N–H and O–H groups in total. The standard InChI is InChI=1S/C52H90N4O2S/c1-21-49(17)29-39(33(5)51(19,23-3)55-49)53-37-25-35(47(13,14)31-45(7,8)9)27-41(43(37)57)59-42-28-36(48(15,16)32-46(10,11)12)26-38(44(42)58)54-40-30-50(18,22-2)56-52(20,24-4)34(40)6/h25-28,33-34,39-40,53-58H,21-24,29-32H2,1-20H3. The Kier molecular flexibility index (Phi) is 14.5. The second-order valence-corrected chi connectivity index (χ2v) is 25.3.